The molecule has 0 bridgehead atoms. The molecule has 0 amide bonds. The molecule has 2 aromatic heterocycles. The van der Waals surface area contributed by atoms with Crippen molar-refractivity contribution in [1.82, 2.24) is 9.97 Å². The summed E-state index contributed by atoms with van der Waals surface area (Å²) in [6, 6.07) is 7.13. The maximum absolute atomic E-state index is 12.4. The number of allylic oxidation sites excluding steroid dienone is 1. The highest BCUT2D eigenvalue weighted by atomic mass is 35.5. The van der Waals surface area contributed by atoms with Gasteiger partial charge in [-0.25, -0.2) is 4.98 Å². The average Bonchev–Trinajstić information content (AvgIpc) is 2.82. The summed E-state index contributed by atoms with van der Waals surface area (Å²) in [5.74, 6) is 0.201. The van der Waals surface area contributed by atoms with Crippen LogP contribution in [0.15, 0.2) is 23.0 Å². The van der Waals surface area contributed by atoms with Crippen LogP contribution in [-0.2, 0) is 0 Å². The van der Waals surface area contributed by atoms with Gasteiger partial charge in [0.05, 0.1) is 11.0 Å². The summed E-state index contributed by atoms with van der Waals surface area (Å²) in [5, 5.41) is 10.9. The normalized spacial score (nSPS) is 11.7. The maximum Gasteiger partial charge on any atom is 0.260 e. The molecule has 3 aromatic rings. The number of halogens is 2. The van der Waals surface area contributed by atoms with E-state index in [0.29, 0.717) is 25.8 Å². The molecule has 24 heavy (non-hydrogen) atoms. The van der Waals surface area contributed by atoms with Crippen LogP contribution < -0.4 is 5.56 Å². The lowest BCUT2D eigenvalue weighted by molar-refractivity contribution is 1.13. The molecule has 0 atom stereocenters. The monoisotopic (exact) mass is 375 g/mol. The summed E-state index contributed by atoms with van der Waals surface area (Å²) in [7, 11) is 0. The van der Waals surface area contributed by atoms with E-state index in [2.05, 4.69) is 16.0 Å². The molecule has 0 fully saturated rings. The van der Waals surface area contributed by atoms with Gasteiger partial charge in [0.1, 0.15) is 10.9 Å². The minimum atomic E-state index is -0.261. The van der Waals surface area contributed by atoms with E-state index < -0.39 is 0 Å². The Hall–Kier alpha value is -2.13. The standard InChI is InChI=1S/C17H11Cl2N3OS/c1-8-9(2)24-17-14(8)16(23)21-15(22-17)10(7-20)6-11-12(18)4-3-5-13(11)19/h3-6H,1-2H3,(H,21,22,23)/b10-6+. The van der Waals surface area contributed by atoms with E-state index in [1.165, 1.54) is 17.4 Å². The van der Waals surface area contributed by atoms with Crippen molar-refractivity contribution in [3.8, 4) is 6.07 Å². The lowest BCUT2D eigenvalue weighted by atomic mass is 10.1. The van der Waals surface area contributed by atoms with Crippen LogP contribution in [0.3, 0.4) is 0 Å². The van der Waals surface area contributed by atoms with Crippen molar-refractivity contribution in [3.05, 3.63) is 60.4 Å². The second kappa shape index (κ2) is 6.40. The largest absolute Gasteiger partial charge is 0.305 e. The number of aromatic nitrogens is 2. The molecule has 2 heterocycles. The van der Waals surface area contributed by atoms with Crippen molar-refractivity contribution in [2.24, 2.45) is 0 Å². The lowest BCUT2D eigenvalue weighted by Crippen LogP contribution is -2.10. The first-order valence-electron chi connectivity index (χ1n) is 6.98. The van der Waals surface area contributed by atoms with E-state index in [0.717, 1.165) is 10.4 Å². The van der Waals surface area contributed by atoms with Crippen LogP contribution in [-0.4, -0.2) is 9.97 Å². The molecule has 3 rings (SSSR count). The molecule has 1 N–H and O–H groups in total. The van der Waals surface area contributed by atoms with E-state index >= 15 is 0 Å². The number of nitriles is 1. The highest BCUT2D eigenvalue weighted by molar-refractivity contribution is 7.18. The van der Waals surface area contributed by atoms with E-state index in [1.54, 1.807) is 18.2 Å². The first-order chi connectivity index (χ1) is 11.4. The Balaban J connectivity index is 2.23. The molecule has 120 valence electrons. The summed E-state index contributed by atoms with van der Waals surface area (Å²) >= 11 is 13.7. The highest BCUT2D eigenvalue weighted by Crippen LogP contribution is 2.30. The number of aromatic amines is 1. The molecule has 0 saturated heterocycles. The Bertz CT molecular complexity index is 1070. The number of hydrogen-bond acceptors (Lipinski definition) is 4. The van der Waals surface area contributed by atoms with Crippen molar-refractivity contribution in [2.75, 3.05) is 0 Å². The zero-order valence-electron chi connectivity index (χ0n) is 12.8. The van der Waals surface area contributed by atoms with E-state index in [9.17, 15) is 10.1 Å². The molecular formula is C17H11Cl2N3OS. The Morgan fingerprint density at radius 3 is 2.62 bits per heavy atom. The van der Waals surface area contributed by atoms with E-state index in [4.69, 9.17) is 23.2 Å². The summed E-state index contributed by atoms with van der Waals surface area (Å²) in [6.45, 7) is 3.82. The van der Waals surface area contributed by atoms with Crippen LogP contribution in [0.5, 0.6) is 0 Å². The Kier molecular flexibility index (Phi) is 4.46. The number of hydrogen-bond donors (Lipinski definition) is 1. The molecule has 1 aromatic carbocycles. The van der Waals surface area contributed by atoms with Gasteiger partial charge in [-0.05, 0) is 37.6 Å². The molecule has 4 nitrogen and oxygen atoms in total. The first-order valence-corrected chi connectivity index (χ1v) is 8.55. The second-order valence-electron chi connectivity index (χ2n) is 5.18. The molecule has 0 aliphatic carbocycles. The smallest absolute Gasteiger partial charge is 0.260 e. The van der Waals surface area contributed by atoms with Gasteiger partial charge in [0.15, 0.2) is 5.82 Å². The fraction of sp³-hybridized carbons (Fsp3) is 0.118. The van der Waals surface area contributed by atoms with Gasteiger partial charge < -0.3 is 4.98 Å². The Morgan fingerprint density at radius 1 is 1.33 bits per heavy atom. The minimum Gasteiger partial charge on any atom is -0.305 e. The molecule has 0 saturated carbocycles. The van der Waals surface area contributed by atoms with Crippen LogP contribution in [0.25, 0.3) is 21.9 Å². The van der Waals surface area contributed by atoms with Crippen molar-refractivity contribution in [2.45, 2.75) is 13.8 Å². The molecule has 0 radical (unpaired) electrons. The number of H-pyrrole nitrogens is 1. The minimum absolute atomic E-state index is 0.188. The first kappa shape index (κ1) is 16.7. The maximum atomic E-state index is 12.4. The number of thiophene rings is 1. The summed E-state index contributed by atoms with van der Waals surface area (Å²) in [6.07, 6.45) is 1.53. The number of aryl methyl sites for hydroxylation is 2. The average molecular weight is 376 g/mol. The second-order valence-corrected chi connectivity index (χ2v) is 7.20. The Morgan fingerprint density at radius 2 is 2.00 bits per heavy atom. The van der Waals surface area contributed by atoms with Gasteiger partial charge in [-0.1, -0.05) is 29.3 Å². The third-order valence-corrected chi connectivity index (χ3v) is 5.46. The Labute approximate surface area is 152 Å². The molecule has 0 aliphatic rings. The van der Waals surface area contributed by atoms with Gasteiger partial charge in [-0.3, -0.25) is 4.79 Å². The fourth-order valence-corrected chi connectivity index (χ4v) is 3.87. The fourth-order valence-electron chi connectivity index (χ4n) is 2.33. The number of nitrogens with one attached hydrogen (secondary N) is 1. The topological polar surface area (TPSA) is 69.5 Å². The van der Waals surface area contributed by atoms with Crippen molar-refractivity contribution < 1.29 is 0 Å². The van der Waals surface area contributed by atoms with Gasteiger partial charge in [-0.2, -0.15) is 5.26 Å². The van der Waals surface area contributed by atoms with Gasteiger partial charge in [-0.15, -0.1) is 11.3 Å². The molecule has 7 heteroatoms. The highest BCUT2D eigenvalue weighted by Gasteiger charge is 2.14. The number of nitrogens with zero attached hydrogens (tertiary/aromatic N) is 2. The quantitative estimate of drug-likeness (QED) is 0.642. The van der Waals surface area contributed by atoms with Crippen molar-refractivity contribution in [1.29, 1.82) is 5.26 Å². The number of benzene rings is 1. The molecule has 0 aliphatic heterocycles. The van der Waals surface area contributed by atoms with Crippen molar-refractivity contribution >= 4 is 56.4 Å². The predicted octanol–water partition coefficient (Wildman–Crippen LogP) is 4.97. The van der Waals surface area contributed by atoms with Gasteiger partial charge in [0, 0.05) is 20.5 Å². The third-order valence-electron chi connectivity index (χ3n) is 3.70. The molecule has 0 spiro atoms. The van der Waals surface area contributed by atoms with Crippen LogP contribution in [0, 0.1) is 25.2 Å². The summed E-state index contributed by atoms with van der Waals surface area (Å²) in [4.78, 5) is 21.1. The van der Waals surface area contributed by atoms with E-state index in [1.807, 2.05) is 13.8 Å². The van der Waals surface area contributed by atoms with Gasteiger partial charge >= 0.3 is 0 Å². The van der Waals surface area contributed by atoms with Crippen LogP contribution >= 0.6 is 34.5 Å². The zero-order valence-corrected chi connectivity index (χ0v) is 15.1. The third kappa shape index (κ3) is 2.84. The summed E-state index contributed by atoms with van der Waals surface area (Å²) in [5.41, 5.74) is 1.35. The van der Waals surface area contributed by atoms with Gasteiger partial charge in [0.25, 0.3) is 5.56 Å². The number of rotatable bonds is 2. The number of fused-ring (bicyclic) bond motifs is 1. The zero-order chi connectivity index (χ0) is 17.4. The van der Waals surface area contributed by atoms with Crippen molar-refractivity contribution in [3.63, 3.8) is 0 Å². The predicted molar refractivity (Wildman–Crippen MR) is 99.7 cm³/mol. The molecular weight excluding hydrogens is 365 g/mol. The van der Waals surface area contributed by atoms with Gasteiger partial charge in [0.2, 0.25) is 0 Å². The van der Waals surface area contributed by atoms with Crippen LogP contribution in [0.2, 0.25) is 10.0 Å². The summed E-state index contributed by atoms with van der Waals surface area (Å²) < 4.78 is 0. The van der Waals surface area contributed by atoms with E-state index in [-0.39, 0.29) is 17.0 Å². The molecule has 0 unspecified atom stereocenters. The lowest BCUT2D eigenvalue weighted by Gasteiger charge is -2.03. The SMILES string of the molecule is Cc1sc2nc(/C(C#N)=C/c3c(Cl)cccc3Cl)[nH]c(=O)c2c1C. The van der Waals surface area contributed by atoms with Crippen LogP contribution in [0.4, 0.5) is 0 Å². The van der Waals surface area contributed by atoms with Crippen LogP contribution in [0.1, 0.15) is 21.8 Å².